The van der Waals surface area contributed by atoms with Gasteiger partial charge in [0, 0.05) is 16.2 Å². The number of furan rings is 1. The zero-order valence-corrected chi connectivity index (χ0v) is 34.3. The van der Waals surface area contributed by atoms with Gasteiger partial charge in [-0.2, -0.15) is 0 Å². The van der Waals surface area contributed by atoms with E-state index in [9.17, 15) is 0 Å². The van der Waals surface area contributed by atoms with Crippen LogP contribution in [0.2, 0.25) is 0 Å². The molecule has 0 saturated heterocycles. The molecule has 9 aromatic rings. The zero-order valence-electron chi connectivity index (χ0n) is 34.3. The van der Waals surface area contributed by atoms with Crippen LogP contribution in [0.5, 0.6) is 0 Å². The van der Waals surface area contributed by atoms with E-state index in [0.29, 0.717) is 0 Å². The lowest BCUT2D eigenvalue weighted by Gasteiger charge is -2.28. The number of hydrogen-bond acceptors (Lipinski definition) is 1. The van der Waals surface area contributed by atoms with E-state index < -0.39 is 0 Å². The second-order valence-electron chi connectivity index (χ2n) is 17.0. The Kier molecular flexibility index (Phi) is 7.70. The van der Waals surface area contributed by atoms with E-state index >= 15 is 0 Å². The normalized spacial score (nSPS) is 13.2. The standard InChI is InChI=1S/C47H40B8O/c1-47(2)28-14-5-3-11-24(28)25-18-17-22(20-29(25)47)21-9-7-10-23(19-21)32-35-37(41(50)45(54)43(52)39(35)48)34(38-36(32)40(49)44(53)46(55)42(38)51)27-13-8-16-31-33(27)26-12-4-6-15-30(26)56-31/h3-20H,48-55H2,1-2H3. The van der Waals surface area contributed by atoms with Crippen LogP contribution < -0.4 is 43.7 Å². The van der Waals surface area contributed by atoms with Gasteiger partial charge in [0.25, 0.3) is 0 Å². The summed E-state index contributed by atoms with van der Waals surface area (Å²) in [4.78, 5) is 0. The summed E-state index contributed by atoms with van der Waals surface area (Å²) in [6, 6.07) is 40.6. The van der Waals surface area contributed by atoms with Crippen molar-refractivity contribution in [2.45, 2.75) is 19.3 Å². The molecule has 258 valence electrons. The molecule has 0 amide bonds. The SMILES string of the molecule is Bc1c(B)c(B)c2c(-c3cccc4oc5ccccc5c34)c3c(B)c(B)c(B)c(B)c3c(-c3cccc(-c4ccc5c(c4)C(C)(C)c4ccccc4-5)c3)c2c1B. The summed E-state index contributed by atoms with van der Waals surface area (Å²) in [6.07, 6.45) is 0. The molecular weight excluding hydrogens is 667 g/mol. The molecular formula is C47H40B8O. The molecule has 0 aliphatic heterocycles. The third kappa shape index (κ3) is 4.67. The summed E-state index contributed by atoms with van der Waals surface area (Å²) in [6.45, 7) is 4.74. The Balaban J connectivity index is 1.34. The van der Waals surface area contributed by atoms with E-state index in [2.05, 4.69) is 186 Å². The van der Waals surface area contributed by atoms with Crippen molar-refractivity contribution >= 4 is 150 Å². The van der Waals surface area contributed by atoms with Crippen molar-refractivity contribution in [3.63, 3.8) is 0 Å². The van der Waals surface area contributed by atoms with Gasteiger partial charge in [-0.3, -0.25) is 0 Å². The molecule has 1 nitrogen and oxygen atoms in total. The Hall–Kier alpha value is -5.40. The van der Waals surface area contributed by atoms with Gasteiger partial charge in [-0.1, -0.05) is 121 Å². The summed E-state index contributed by atoms with van der Waals surface area (Å²) in [5.41, 5.74) is 25.8. The van der Waals surface area contributed by atoms with Crippen LogP contribution in [0, 0.1) is 0 Å². The molecule has 0 radical (unpaired) electrons. The lowest BCUT2D eigenvalue weighted by Crippen LogP contribution is -2.50. The van der Waals surface area contributed by atoms with Gasteiger partial charge in [0.15, 0.2) is 0 Å². The number of fused-ring (bicyclic) bond motifs is 8. The molecule has 1 aliphatic carbocycles. The molecule has 0 spiro atoms. The van der Waals surface area contributed by atoms with E-state index in [-0.39, 0.29) is 5.41 Å². The Bertz CT molecular complexity index is 3130. The number of hydrogen-bond donors (Lipinski definition) is 0. The van der Waals surface area contributed by atoms with Crippen molar-refractivity contribution in [3.05, 3.63) is 120 Å². The Morgan fingerprint density at radius 1 is 0.375 bits per heavy atom. The highest BCUT2D eigenvalue weighted by atomic mass is 16.3. The van der Waals surface area contributed by atoms with Crippen LogP contribution in [0.1, 0.15) is 25.0 Å². The molecule has 0 saturated carbocycles. The van der Waals surface area contributed by atoms with Crippen molar-refractivity contribution in [2.24, 2.45) is 0 Å². The Morgan fingerprint density at radius 2 is 0.875 bits per heavy atom. The second kappa shape index (κ2) is 12.3. The summed E-state index contributed by atoms with van der Waals surface area (Å²) < 4.78 is 6.54. The van der Waals surface area contributed by atoms with Gasteiger partial charge in [-0.25, -0.2) is 0 Å². The fourth-order valence-electron chi connectivity index (χ4n) is 10.4. The molecule has 0 atom stereocenters. The number of para-hydroxylation sites is 1. The van der Waals surface area contributed by atoms with Crippen LogP contribution in [0.4, 0.5) is 0 Å². The Morgan fingerprint density at radius 3 is 1.55 bits per heavy atom. The minimum atomic E-state index is -0.0565. The molecule has 8 aromatic carbocycles. The third-order valence-corrected chi connectivity index (χ3v) is 14.1. The highest BCUT2D eigenvalue weighted by Crippen LogP contribution is 2.50. The molecule has 56 heavy (non-hydrogen) atoms. The summed E-state index contributed by atoms with van der Waals surface area (Å²) in [7, 11) is 18.6. The van der Waals surface area contributed by atoms with Crippen LogP contribution in [-0.4, -0.2) is 62.8 Å². The average molecular weight is 707 g/mol. The first-order valence-electron chi connectivity index (χ1n) is 20.1. The van der Waals surface area contributed by atoms with Gasteiger partial charge in [-0.15, -0.1) is 21.9 Å². The number of rotatable bonds is 3. The second-order valence-corrected chi connectivity index (χ2v) is 17.0. The molecule has 0 bridgehead atoms. The van der Waals surface area contributed by atoms with Crippen LogP contribution >= 0.6 is 0 Å². The van der Waals surface area contributed by atoms with Gasteiger partial charge in [0.1, 0.15) is 73.9 Å². The minimum Gasteiger partial charge on any atom is -0.456 e. The monoisotopic (exact) mass is 708 g/mol. The molecule has 1 aliphatic rings. The molecule has 0 unspecified atom stereocenters. The lowest BCUT2D eigenvalue weighted by atomic mass is 9.59. The van der Waals surface area contributed by atoms with E-state index in [1.54, 1.807) is 0 Å². The van der Waals surface area contributed by atoms with Crippen molar-refractivity contribution in [3.8, 4) is 44.5 Å². The van der Waals surface area contributed by atoms with E-state index in [1.165, 1.54) is 126 Å². The summed E-state index contributed by atoms with van der Waals surface area (Å²) in [5.74, 6) is 0. The quantitative estimate of drug-likeness (QED) is 0.175. The van der Waals surface area contributed by atoms with Crippen molar-refractivity contribution in [1.82, 2.24) is 0 Å². The smallest absolute Gasteiger partial charge is 0.139 e. The topological polar surface area (TPSA) is 13.1 Å². The molecule has 1 heterocycles. The largest absolute Gasteiger partial charge is 0.456 e. The fraction of sp³-hybridized carbons (Fsp3) is 0.0638. The van der Waals surface area contributed by atoms with Crippen molar-refractivity contribution in [2.75, 3.05) is 0 Å². The average Bonchev–Trinajstić information content (AvgIpc) is 3.71. The third-order valence-electron chi connectivity index (χ3n) is 14.1. The first kappa shape index (κ1) is 35.0. The van der Waals surface area contributed by atoms with Gasteiger partial charge in [0.2, 0.25) is 0 Å². The van der Waals surface area contributed by atoms with Crippen molar-refractivity contribution < 1.29 is 4.42 Å². The van der Waals surface area contributed by atoms with Gasteiger partial charge in [-0.05, 0) is 101 Å². The maximum atomic E-state index is 6.54. The first-order valence-corrected chi connectivity index (χ1v) is 20.1. The lowest BCUT2D eigenvalue weighted by molar-refractivity contribution is 0.660. The molecule has 0 N–H and O–H groups in total. The summed E-state index contributed by atoms with van der Waals surface area (Å²) in [5, 5.41) is 7.75. The molecule has 10 rings (SSSR count). The molecule has 1 aromatic heterocycles. The van der Waals surface area contributed by atoms with E-state index in [1.807, 2.05) is 0 Å². The minimum absolute atomic E-state index is 0.0565. The van der Waals surface area contributed by atoms with Crippen LogP contribution in [0.3, 0.4) is 0 Å². The van der Waals surface area contributed by atoms with Gasteiger partial charge < -0.3 is 4.42 Å². The maximum Gasteiger partial charge on any atom is 0.139 e. The highest BCUT2D eigenvalue weighted by Gasteiger charge is 2.35. The van der Waals surface area contributed by atoms with Crippen molar-refractivity contribution in [1.29, 1.82) is 0 Å². The fourth-order valence-corrected chi connectivity index (χ4v) is 10.4. The highest BCUT2D eigenvalue weighted by molar-refractivity contribution is 6.71. The zero-order chi connectivity index (χ0) is 38.9. The predicted octanol–water partition coefficient (Wildman–Crippen LogP) is -0.733. The molecule has 9 heteroatoms. The first-order chi connectivity index (χ1) is 26.9. The Labute approximate surface area is 336 Å². The summed E-state index contributed by atoms with van der Waals surface area (Å²) >= 11 is 0. The van der Waals surface area contributed by atoms with E-state index in [4.69, 9.17) is 4.42 Å². The number of benzene rings is 8. The predicted molar refractivity (Wildman–Crippen MR) is 268 cm³/mol. The van der Waals surface area contributed by atoms with E-state index in [0.717, 1.165) is 16.6 Å². The van der Waals surface area contributed by atoms with Gasteiger partial charge >= 0.3 is 0 Å². The maximum absolute atomic E-state index is 6.54. The van der Waals surface area contributed by atoms with Crippen LogP contribution in [0.15, 0.2) is 114 Å². The van der Waals surface area contributed by atoms with Gasteiger partial charge in [0.05, 0.1) is 0 Å². The van der Waals surface area contributed by atoms with Crippen LogP contribution in [-0.2, 0) is 5.41 Å². The molecule has 0 fully saturated rings. The van der Waals surface area contributed by atoms with Crippen LogP contribution in [0.25, 0.3) is 88.0 Å².